The van der Waals surface area contributed by atoms with Crippen LogP contribution in [0.2, 0.25) is 0 Å². The molecule has 0 fully saturated rings. The maximum atomic E-state index is 11.4. The number of aryl methyl sites for hydroxylation is 1. The van der Waals surface area contributed by atoms with Crippen LogP contribution in [-0.4, -0.2) is 15.0 Å². The lowest BCUT2D eigenvalue weighted by Gasteiger charge is -2.08. The van der Waals surface area contributed by atoms with Crippen LogP contribution in [0.5, 0.6) is 0 Å². The summed E-state index contributed by atoms with van der Waals surface area (Å²) in [6.45, 7) is 1.93. The van der Waals surface area contributed by atoms with Gasteiger partial charge in [0, 0.05) is 29.5 Å². The van der Waals surface area contributed by atoms with Gasteiger partial charge in [0.15, 0.2) is 0 Å². The van der Waals surface area contributed by atoms with Gasteiger partial charge < -0.3 is 4.98 Å². The van der Waals surface area contributed by atoms with Gasteiger partial charge in [0.25, 0.3) is 0 Å². The van der Waals surface area contributed by atoms with E-state index in [2.05, 4.69) is 15.0 Å². The monoisotopic (exact) mass is 237 g/mol. The van der Waals surface area contributed by atoms with Crippen molar-refractivity contribution in [2.75, 3.05) is 0 Å². The molecule has 0 saturated heterocycles. The number of benzene rings is 1. The molecule has 0 aliphatic rings. The molecule has 1 aromatic carbocycles. The predicted molar refractivity (Wildman–Crippen MR) is 70.3 cm³/mol. The third-order valence-electron chi connectivity index (χ3n) is 2.95. The zero-order valence-electron chi connectivity index (χ0n) is 9.84. The second-order valence-electron chi connectivity index (χ2n) is 4.15. The summed E-state index contributed by atoms with van der Waals surface area (Å²) in [4.78, 5) is 22.0. The average Bonchev–Trinajstić information content (AvgIpc) is 2.41. The van der Waals surface area contributed by atoms with Crippen LogP contribution in [0.4, 0.5) is 0 Å². The molecule has 0 radical (unpaired) electrons. The number of nitrogens with zero attached hydrogens (tertiary/aromatic N) is 2. The van der Waals surface area contributed by atoms with Crippen LogP contribution in [0.1, 0.15) is 5.56 Å². The van der Waals surface area contributed by atoms with Gasteiger partial charge in [-0.15, -0.1) is 0 Å². The largest absolute Gasteiger partial charge is 0.345 e. The van der Waals surface area contributed by atoms with Gasteiger partial charge in [0.1, 0.15) is 0 Å². The van der Waals surface area contributed by atoms with Crippen LogP contribution in [0.25, 0.3) is 22.0 Å². The van der Waals surface area contributed by atoms with Crippen LogP contribution < -0.4 is 5.69 Å². The Kier molecular flexibility index (Phi) is 2.41. The molecule has 0 bridgehead atoms. The van der Waals surface area contributed by atoms with Crippen molar-refractivity contribution in [3.63, 3.8) is 0 Å². The zero-order chi connectivity index (χ0) is 12.5. The van der Waals surface area contributed by atoms with Crippen molar-refractivity contribution in [2.45, 2.75) is 6.92 Å². The molecule has 2 heterocycles. The van der Waals surface area contributed by atoms with E-state index in [0.717, 1.165) is 27.6 Å². The van der Waals surface area contributed by atoms with Gasteiger partial charge in [0.2, 0.25) is 0 Å². The van der Waals surface area contributed by atoms with E-state index in [4.69, 9.17) is 0 Å². The van der Waals surface area contributed by atoms with Crippen LogP contribution in [-0.2, 0) is 0 Å². The molecule has 0 unspecified atom stereocenters. The third-order valence-corrected chi connectivity index (χ3v) is 2.95. The molecule has 2 aromatic heterocycles. The highest BCUT2D eigenvalue weighted by Gasteiger charge is 2.07. The summed E-state index contributed by atoms with van der Waals surface area (Å²) < 4.78 is 0. The van der Waals surface area contributed by atoms with Crippen molar-refractivity contribution in [3.05, 3.63) is 58.9 Å². The van der Waals surface area contributed by atoms with E-state index in [1.165, 1.54) is 0 Å². The molecule has 3 rings (SSSR count). The van der Waals surface area contributed by atoms with E-state index in [0.29, 0.717) is 0 Å². The summed E-state index contributed by atoms with van der Waals surface area (Å²) in [6, 6.07) is 7.89. The highest BCUT2D eigenvalue weighted by Crippen LogP contribution is 2.27. The fourth-order valence-electron chi connectivity index (χ4n) is 2.08. The van der Waals surface area contributed by atoms with Crippen LogP contribution in [0.3, 0.4) is 0 Å². The standard InChI is InChI=1S/C14H11N3O/c1-9-7-16-14(18)17-13(9)12-4-2-3-10-8-15-6-5-11(10)12/h2-8H,1H3,(H,16,17,18). The quantitative estimate of drug-likeness (QED) is 0.706. The normalized spacial score (nSPS) is 10.7. The highest BCUT2D eigenvalue weighted by atomic mass is 16.1. The fourth-order valence-corrected chi connectivity index (χ4v) is 2.08. The van der Waals surface area contributed by atoms with Crippen molar-refractivity contribution in [1.29, 1.82) is 0 Å². The maximum Gasteiger partial charge on any atom is 0.345 e. The number of nitrogens with one attached hydrogen (secondary N) is 1. The van der Waals surface area contributed by atoms with Gasteiger partial charge in [-0.2, -0.15) is 0 Å². The Bertz CT molecular complexity index is 772. The van der Waals surface area contributed by atoms with Crippen LogP contribution in [0, 0.1) is 6.92 Å². The number of aromatic nitrogens is 3. The maximum absolute atomic E-state index is 11.4. The molecule has 1 N–H and O–H groups in total. The Balaban J connectivity index is 2.38. The van der Waals surface area contributed by atoms with Crippen molar-refractivity contribution in [3.8, 4) is 11.3 Å². The minimum Gasteiger partial charge on any atom is -0.305 e. The molecule has 0 aliphatic carbocycles. The Labute approximate surface area is 103 Å². The number of rotatable bonds is 1. The van der Waals surface area contributed by atoms with E-state index < -0.39 is 0 Å². The number of fused-ring (bicyclic) bond motifs is 1. The summed E-state index contributed by atoms with van der Waals surface area (Å²) in [5.74, 6) is 0. The summed E-state index contributed by atoms with van der Waals surface area (Å²) in [5, 5.41) is 2.12. The van der Waals surface area contributed by atoms with E-state index in [-0.39, 0.29) is 5.69 Å². The first-order valence-corrected chi connectivity index (χ1v) is 5.65. The minimum atomic E-state index is -0.332. The first kappa shape index (κ1) is 10.7. The number of H-pyrrole nitrogens is 1. The molecule has 0 saturated carbocycles. The van der Waals surface area contributed by atoms with E-state index in [9.17, 15) is 4.79 Å². The molecule has 0 amide bonds. The number of pyridine rings is 1. The molecule has 88 valence electrons. The first-order valence-electron chi connectivity index (χ1n) is 5.65. The second-order valence-corrected chi connectivity index (χ2v) is 4.15. The van der Waals surface area contributed by atoms with E-state index >= 15 is 0 Å². The summed E-state index contributed by atoms with van der Waals surface area (Å²) in [6.07, 6.45) is 5.15. The Morgan fingerprint density at radius 1 is 1.17 bits per heavy atom. The van der Waals surface area contributed by atoms with Gasteiger partial charge in [-0.05, 0) is 23.9 Å². The molecular formula is C14H11N3O. The minimum absolute atomic E-state index is 0.332. The lowest BCUT2D eigenvalue weighted by atomic mass is 10.0. The first-order chi connectivity index (χ1) is 8.75. The zero-order valence-corrected chi connectivity index (χ0v) is 9.84. The average molecular weight is 237 g/mol. The molecule has 0 aliphatic heterocycles. The molecule has 0 atom stereocenters. The predicted octanol–water partition coefficient (Wildman–Crippen LogP) is 2.29. The molecule has 0 spiro atoms. The van der Waals surface area contributed by atoms with Crippen molar-refractivity contribution < 1.29 is 0 Å². The summed E-state index contributed by atoms with van der Waals surface area (Å²) >= 11 is 0. The summed E-state index contributed by atoms with van der Waals surface area (Å²) in [5.41, 5.74) is 2.42. The van der Waals surface area contributed by atoms with Crippen molar-refractivity contribution in [2.24, 2.45) is 0 Å². The Morgan fingerprint density at radius 3 is 2.94 bits per heavy atom. The molecule has 3 aromatic rings. The Morgan fingerprint density at radius 2 is 2.06 bits per heavy atom. The van der Waals surface area contributed by atoms with Gasteiger partial charge in [-0.25, -0.2) is 9.78 Å². The smallest absolute Gasteiger partial charge is 0.305 e. The van der Waals surface area contributed by atoms with Gasteiger partial charge >= 0.3 is 5.69 Å². The lowest BCUT2D eigenvalue weighted by molar-refractivity contribution is 1.06. The lowest BCUT2D eigenvalue weighted by Crippen LogP contribution is -2.11. The number of hydrogen-bond acceptors (Lipinski definition) is 3. The van der Waals surface area contributed by atoms with Crippen LogP contribution >= 0.6 is 0 Å². The summed E-state index contributed by atoms with van der Waals surface area (Å²) in [7, 11) is 0. The molecule has 4 heteroatoms. The van der Waals surface area contributed by atoms with Crippen LogP contribution in [0.15, 0.2) is 47.7 Å². The van der Waals surface area contributed by atoms with Gasteiger partial charge in [0.05, 0.1) is 5.69 Å². The second kappa shape index (κ2) is 4.07. The molecule has 4 nitrogen and oxygen atoms in total. The van der Waals surface area contributed by atoms with Crippen molar-refractivity contribution >= 4 is 10.8 Å². The highest BCUT2D eigenvalue weighted by molar-refractivity contribution is 5.95. The van der Waals surface area contributed by atoms with Crippen molar-refractivity contribution in [1.82, 2.24) is 15.0 Å². The van der Waals surface area contributed by atoms with E-state index in [1.54, 1.807) is 12.4 Å². The van der Waals surface area contributed by atoms with Gasteiger partial charge in [-0.3, -0.25) is 4.98 Å². The number of hydrogen-bond donors (Lipinski definition) is 1. The number of aromatic amines is 1. The third kappa shape index (κ3) is 1.68. The molecular weight excluding hydrogens is 226 g/mol. The van der Waals surface area contributed by atoms with E-state index in [1.807, 2.05) is 37.4 Å². The molecule has 18 heavy (non-hydrogen) atoms. The van der Waals surface area contributed by atoms with Gasteiger partial charge in [-0.1, -0.05) is 18.2 Å². The Hall–Kier alpha value is -2.49. The SMILES string of the molecule is Cc1cnc(=O)[nH]c1-c1cccc2cnccc12. The topological polar surface area (TPSA) is 58.6 Å². The fraction of sp³-hybridized carbons (Fsp3) is 0.0714.